The fraction of sp³-hybridized carbons (Fsp3) is 0.600. The van der Waals surface area contributed by atoms with Gasteiger partial charge in [-0.15, -0.1) is 4.72 Å². The van der Waals surface area contributed by atoms with Crippen molar-refractivity contribution in [1.82, 2.24) is 4.72 Å². The molecule has 1 aromatic carbocycles. The van der Waals surface area contributed by atoms with Crippen LogP contribution >= 0.6 is 0 Å². The summed E-state index contributed by atoms with van der Waals surface area (Å²) in [5.41, 5.74) is 0.494. The van der Waals surface area contributed by atoms with Crippen molar-refractivity contribution in [3.05, 3.63) is 35.4 Å². The van der Waals surface area contributed by atoms with Crippen molar-refractivity contribution in [2.24, 2.45) is 5.92 Å². The van der Waals surface area contributed by atoms with Gasteiger partial charge in [0.1, 0.15) is 16.4 Å². The minimum Gasteiger partial charge on any atom is -0.598 e. The maximum absolute atomic E-state index is 13.4. The van der Waals surface area contributed by atoms with Gasteiger partial charge in [0.05, 0.1) is 6.04 Å². The average molecular weight is 303 g/mol. The van der Waals surface area contributed by atoms with Crippen molar-refractivity contribution in [3.8, 4) is 0 Å². The van der Waals surface area contributed by atoms with Crippen LogP contribution in [0.15, 0.2) is 18.2 Å². The number of nitrogens with one attached hydrogen (secondary N) is 1. The molecule has 0 aliphatic carbocycles. The van der Waals surface area contributed by atoms with Crippen LogP contribution in [0, 0.1) is 17.6 Å². The Morgan fingerprint density at radius 1 is 1.15 bits per heavy atom. The van der Waals surface area contributed by atoms with Crippen LogP contribution in [0.25, 0.3) is 0 Å². The monoisotopic (exact) mass is 303 g/mol. The topological polar surface area (TPSA) is 35.1 Å². The van der Waals surface area contributed by atoms with Gasteiger partial charge in [-0.05, 0) is 50.8 Å². The van der Waals surface area contributed by atoms with Gasteiger partial charge >= 0.3 is 0 Å². The Morgan fingerprint density at radius 2 is 1.65 bits per heavy atom. The van der Waals surface area contributed by atoms with Crippen LogP contribution in [0.3, 0.4) is 0 Å². The molecule has 0 saturated carbocycles. The molecule has 5 heteroatoms. The number of benzene rings is 1. The van der Waals surface area contributed by atoms with Gasteiger partial charge in [-0.2, -0.15) is 0 Å². The number of halogens is 2. The molecule has 0 aromatic heterocycles. The van der Waals surface area contributed by atoms with E-state index >= 15 is 0 Å². The molecule has 1 aromatic rings. The fourth-order valence-electron chi connectivity index (χ4n) is 1.81. The Kier molecular flexibility index (Phi) is 5.98. The highest BCUT2D eigenvalue weighted by Crippen LogP contribution is 2.26. The highest BCUT2D eigenvalue weighted by Gasteiger charge is 2.30. The number of rotatable bonds is 5. The van der Waals surface area contributed by atoms with Crippen LogP contribution in [-0.2, 0) is 11.4 Å². The summed E-state index contributed by atoms with van der Waals surface area (Å²) in [7, 11) is 0. The van der Waals surface area contributed by atoms with Crippen molar-refractivity contribution < 1.29 is 13.3 Å². The third-order valence-corrected chi connectivity index (χ3v) is 4.41. The van der Waals surface area contributed by atoms with Crippen LogP contribution in [0.2, 0.25) is 0 Å². The lowest BCUT2D eigenvalue weighted by Gasteiger charge is -2.29. The van der Waals surface area contributed by atoms with Gasteiger partial charge in [0.15, 0.2) is 0 Å². The molecule has 0 radical (unpaired) electrons. The predicted molar refractivity (Wildman–Crippen MR) is 79.6 cm³/mol. The maximum atomic E-state index is 13.4. The van der Waals surface area contributed by atoms with Crippen LogP contribution in [0.1, 0.15) is 52.6 Å². The molecule has 0 heterocycles. The molecular weight excluding hydrogens is 280 g/mol. The van der Waals surface area contributed by atoms with E-state index in [-0.39, 0.29) is 6.04 Å². The molecule has 0 aliphatic rings. The van der Waals surface area contributed by atoms with Crippen molar-refractivity contribution in [1.29, 1.82) is 0 Å². The third kappa shape index (κ3) is 5.38. The lowest BCUT2D eigenvalue weighted by atomic mass is 9.98. The summed E-state index contributed by atoms with van der Waals surface area (Å²) in [5, 5.41) is 0. The van der Waals surface area contributed by atoms with E-state index < -0.39 is 27.7 Å². The molecule has 1 rings (SSSR count). The lowest BCUT2D eigenvalue weighted by Crippen LogP contribution is -2.41. The van der Waals surface area contributed by atoms with Gasteiger partial charge in [0.2, 0.25) is 0 Å². The molecule has 114 valence electrons. The zero-order valence-corrected chi connectivity index (χ0v) is 13.5. The van der Waals surface area contributed by atoms with E-state index in [0.29, 0.717) is 17.9 Å². The first kappa shape index (κ1) is 17.4. The van der Waals surface area contributed by atoms with E-state index in [2.05, 4.69) is 4.72 Å². The molecule has 0 amide bonds. The minimum absolute atomic E-state index is 0.316. The normalized spacial score (nSPS) is 15.4. The quantitative estimate of drug-likeness (QED) is 0.831. The first-order valence-electron chi connectivity index (χ1n) is 6.73. The smallest absolute Gasteiger partial charge is 0.136 e. The van der Waals surface area contributed by atoms with Crippen molar-refractivity contribution >= 4 is 11.4 Å². The van der Waals surface area contributed by atoms with E-state index in [1.807, 2.05) is 34.6 Å². The number of hydrogen-bond donors (Lipinski definition) is 1. The van der Waals surface area contributed by atoms with Crippen molar-refractivity contribution in [2.45, 2.75) is 51.8 Å². The van der Waals surface area contributed by atoms with E-state index in [4.69, 9.17) is 0 Å². The molecule has 0 spiro atoms. The van der Waals surface area contributed by atoms with Crippen molar-refractivity contribution in [3.63, 3.8) is 0 Å². The maximum Gasteiger partial charge on any atom is 0.136 e. The minimum atomic E-state index is -1.29. The number of hydrogen-bond acceptors (Lipinski definition) is 2. The van der Waals surface area contributed by atoms with Crippen LogP contribution in [-0.4, -0.2) is 9.30 Å². The largest absolute Gasteiger partial charge is 0.598 e. The van der Waals surface area contributed by atoms with E-state index in [1.165, 1.54) is 12.1 Å². The molecule has 0 fully saturated rings. The standard InChI is InChI=1S/C15H23F2NOS/c1-10(2)6-14(18-20(19)15(3,4)5)11-7-12(16)9-13(17)8-11/h7-10,14,18H,6H2,1-5H3. The first-order chi connectivity index (χ1) is 9.09. The molecule has 2 unspecified atom stereocenters. The van der Waals surface area contributed by atoms with Gasteiger partial charge < -0.3 is 4.55 Å². The summed E-state index contributed by atoms with van der Waals surface area (Å²) < 4.78 is 41.5. The summed E-state index contributed by atoms with van der Waals surface area (Å²) in [6.45, 7) is 9.60. The first-order valence-corrected chi connectivity index (χ1v) is 7.88. The zero-order valence-electron chi connectivity index (χ0n) is 12.7. The van der Waals surface area contributed by atoms with Gasteiger partial charge in [0, 0.05) is 17.4 Å². The fourth-order valence-corrected chi connectivity index (χ4v) is 2.65. The molecule has 0 saturated heterocycles. The molecule has 0 aliphatic heterocycles. The lowest BCUT2D eigenvalue weighted by molar-refractivity contribution is 0.457. The Morgan fingerprint density at radius 3 is 2.05 bits per heavy atom. The molecule has 0 bridgehead atoms. The highest BCUT2D eigenvalue weighted by molar-refractivity contribution is 7.90. The Hall–Kier alpha value is -0.650. The molecule has 20 heavy (non-hydrogen) atoms. The summed E-state index contributed by atoms with van der Waals surface area (Å²) in [6, 6.07) is 3.10. The second-order valence-electron chi connectivity index (χ2n) is 6.38. The van der Waals surface area contributed by atoms with Gasteiger partial charge in [-0.1, -0.05) is 13.8 Å². The zero-order chi connectivity index (χ0) is 15.5. The van der Waals surface area contributed by atoms with Gasteiger partial charge in [-0.3, -0.25) is 0 Å². The summed E-state index contributed by atoms with van der Waals surface area (Å²) in [5.74, 6) is -0.912. The third-order valence-electron chi connectivity index (χ3n) is 2.80. The van der Waals surface area contributed by atoms with Crippen LogP contribution in [0.5, 0.6) is 0 Å². The van der Waals surface area contributed by atoms with E-state index in [1.54, 1.807) is 0 Å². The Labute approximate surface area is 123 Å². The second kappa shape index (κ2) is 6.87. The average Bonchev–Trinajstić information content (AvgIpc) is 2.24. The van der Waals surface area contributed by atoms with E-state index in [9.17, 15) is 13.3 Å². The molecule has 1 N–H and O–H groups in total. The second-order valence-corrected chi connectivity index (χ2v) is 8.38. The summed E-state index contributed by atoms with van der Waals surface area (Å²) in [4.78, 5) is 0. The summed E-state index contributed by atoms with van der Waals surface area (Å²) in [6.07, 6.45) is 0.657. The predicted octanol–water partition coefficient (Wildman–Crippen LogP) is 4.10. The SMILES string of the molecule is CC(C)CC(N[S+]([O-])C(C)(C)C)c1cc(F)cc(F)c1. The Bertz CT molecular complexity index is 426. The molecule has 2 atom stereocenters. The highest BCUT2D eigenvalue weighted by atomic mass is 32.2. The van der Waals surface area contributed by atoms with Gasteiger partial charge in [-0.25, -0.2) is 8.78 Å². The summed E-state index contributed by atoms with van der Waals surface area (Å²) >= 11 is -1.29. The van der Waals surface area contributed by atoms with Crippen LogP contribution in [0.4, 0.5) is 8.78 Å². The Balaban J connectivity index is 2.99. The molecular formula is C15H23F2NOS. The van der Waals surface area contributed by atoms with Crippen LogP contribution < -0.4 is 4.72 Å². The molecule has 2 nitrogen and oxygen atoms in total. The van der Waals surface area contributed by atoms with Gasteiger partial charge in [0.25, 0.3) is 0 Å². The van der Waals surface area contributed by atoms with Crippen molar-refractivity contribution in [2.75, 3.05) is 0 Å². The van der Waals surface area contributed by atoms with E-state index in [0.717, 1.165) is 6.07 Å².